The third kappa shape index (κ3) is 2.81. The minimum atomic E-state index is -3.05. The second kappa shape index (κ2) is 5.40. The van der Waals surface area contributed by atoms with Crippen LogP contribution in [0, 0.1) is 5.92 Å². The van der Waals surface area contributed by atoms with Crippen molar-refractivity contribution in [3.8, 4) is 0 Å². The van der Waals surface area contributed by atoms with Crippen LogP contribution in [0.5, 0.6) is 0 Å². The zero-order valence-electron chi connectivity index (χ0n) is 12.0. The maximum atomic E-state index is 12.6. The van der Waals surface area contributed by atoms with Gasteiger partial charge in [0.25, 0.3) is 0 Å². The Labute approximate surface area is 123 Å². The van der Waals surface area contributed by atoms with E-state index >= 15 is 0 Å². The maximum Gasteiger partial charge on any atom is 0.227 e. The van der Waals surface area contributed by atoms with E-state index in [-0.39, 0.29) is 23.5 Å². The van der Waals surface area contributed by atoms with Crippen molar-refractivity contribution in [2.24, 2.45) is 5.92 Å². The predicted molar refractivity (Wildman–Crippen MR) is 74.1 cm³/mol. The number of sulfone groups is 1. The third-order valence-corrected chi connectivity index (χ3v) is 5.97. The number of rotatable bonds is 3. The number of carbonyl (C=O) groups is 1. The second-order valence-electron chi connectivity index (χ2n) is 5.69. The fraction of sp³-hybridized carbons (Fsp3) is 0.769. The summed E-state index contributed by atoms with van der Waals surface area (Å²) in [5, 5.41) is 3.96. The summed E-state index contributed by atoms with van der Waals surface area (Å²) in [6, 6.07) is -0.176. The molecule has 21 heavy (non-hydrogen) atoms. The van der Waals surface area contributed by atoms with Gasteiger partial charge in [-0.15, -0.1) is 0 Å². The van der Waals surface area contributed by atoms with Crippen molar-refractivity contribution in [2.75, 3.05) is 18.1 Å². The van der Waals surface area contributed by atoms with E-state index in [1.54, 1.807) is 4.90 Å². The van der Waals surface area contributed by atoms with Gasteiger partial charge in [0, 0.05) is 13.0 Å². The maximum absolute atomic E-state index is 12.6. The fourth-order valence-corrected chi connectivity index (χ4v) is 4.80. The number of carbonyl (C=O) groups excluding carboxylic acids is 1. The quantitative estimate of drug-likeness (QED) is 0.816. The Morgan fingerprint density at radius 2 is 2.24 bits per heavy atom. The highest BCUT2D eigenvalue weighted by molar-refractivity contribution is 7.91. The van der Waals surface area contributed by atoms with Crippen LogP contribution in [0.1, 0.15) is 43.9 Å². The highest BCUT2D eigenvalue weighted by Crippen LogP contribution is 2.33. The van der Waals surface area contributed by atoms with E-state index in [9.17, 15) is 13.2 Å². The summed E-state index contributed by atoms with van der Waals surface area (Å²) < 4.78 is 28.2. The van der Waals surface area contributed by atoms with Crippen LogP contribution < -0.4 is 0 Å². The van der Waals surface area contributed by atoms with Crippen molar-refractivity contribution in [1.29, 1.82) is 0 Å². The minimum absolute atomic E-state index is 0.0263. The lowest BCUT2D eigenvalue weighted by molar-refractivity contribution is -0.135. The van der Waals surface area contributed by atoms with Gasteiger partial charge in [-0.05, 0) is 19.3 Å². The van der Waals surface area contributed by atoms with Gasteiger partial charge >= 0.3 is 0 Å². The standard InChI is InChI=1S/C13H19N3O4S/c1-2-11-14-12(15-20-11)10-4-3-6-16(10)13(17)9-5-7-21(18,19)8-9/h9-10H,2-8H2,1H3. The molecule has 2 fully saturated rings. The molecule has 0 saturated carbocycles. The van der Waals surface area contributed by atoms with Gasteiger partial charge in [0.1, 0.15) is 0 Å². The molecule has 1 aromatic heterocycles. The molecule has 8 heteroatoms. The zero-order chi connectivity index (χ0) is 15.0. The van der Waals surface area contributed by atoms with Gasteiger partial charge in [-0.2, -0.15) is 4.98 Å². The highest BCUT2D eigenvalue weighted by atomic mass is 32.2. The van der Waals surface area contributed by atoms with Crippen LogP contribution in [0.15, 0.2) is 4.52 Å². The van der Waals surface area contributed by atoms with Crippen LogP contribution >= 0.6 is 0 Å². The molecule has 0 aromatic carbocycles. The number of amides is 1. The summed E-state index contributed by atoms with van der Waals surface area (Å²) in [4.78, 5) is 18.6. The first kappa shape index (κ1) is 14.5. The SMILES string of the molecule is CCc1nc(C2CCCN2C(=O)C2CCS(=O)(=O)C2)no1. The third-order valence-electron chi connectivity index (χ3n) is 4.20. The summed E-state index contributed by atoms with van der Waals surface area (Å²) in [5.74, 6) is 0.701. The Kier molecular flexibility index (Phi) is 3.73. The van der Waals surface area contributed by atoms with E-state index in [1.165, 1.54) is 0 Å². The lowest BCUT2D eigenvalue weighted by Gasteiger charge is -2.24. The average Bonchev–Trinajstić information content (AvgIpc) is 3.15. The molecule has 0 bridgehead atoms. The summed E-state index contributed by atoms with van der Waals surface area (Å²) >= 11 is 0. The molecule has 2 aliphatic rings. The van der Waals surface area contributed by atoms with Gasteiger partial charge < -0.3 is 9.42 Å². The number of aryl methyl sites for hydroxylation is 1. The lowest BCUT2D eigenvalue weighted by Crippen LogP contribution is -2.36. The van der Waals surface area contributed by atoms with Gasteiger partial charge in [-0.25, -0.2) is 8.42 Å². The molecule has 0 spiro atoms. The molecule has 116 valence electrons. The van der Waals surface area contributed by atoms with Crippen LogP contribution in [-0.2, 0) is 21.1 Å². The number of nitrogens with zero attached hydrogens (tertiary/aromatic N) is 3. The molecule has 3 heterocycles. The Balaban J connectivity index is 1.76. The molecular formula is C13H19N3O4S. The van der Waals surface area contributed by atoms with Crippen molar-refractivity contribution in [1.82, 2.24) is 15.0 Å². The number of aromatic nitrogens is 2. The molecule has 7 nitrogen and oxygen atoms in total. The second-order valence-corrected chi connectivity index (χ2v) is 7.92. The fourth-order valence-electron chi connectivity index (χ4n) is 3.07. The number of likely N-dealkylation sites (tertiary alicyclic amines) is 1. The molecule has 1 aromatic rings. The first-order chi connectivity index (χ1) is 10.00. The van der Waals surface area contributed by atoms with E-state index in [0.29, 0.717) is 31.1 Å². The first-order valence-electron chi connectivity index (χ1n) is 7.33. The summed E-state index contributed by atoms with van der Waals surface area (Å²) in [7, 11) is -3.05. The topological polar surface area (TPSA) is 93.4 Å². The Bertz CT molecular complexity index is 640. The Morgan fingerprint density at radius 1 is 1.43 bits per heavy atom. The van der Waals surface area contributed by atoms with Crippen LogP contribution in [0.25, 0.3) is 0 Å². The van der Waals surface area contributed by atoms with E-state index < -0.39 is 15.8 Å². The van der Waals surface area contributed by atoms with E-state index in [1.807, 2.05) is 6.92 Å². The first-order valence-corrected chi connectivity index (χ1v) is 9.15. The molecule has 2 aliphatic heterocycles. The smallest absolute Gasteiger partial charge is 0.227 e. The zero-order valence-corrected chi connectivity index (χ0v) is 12.8. The lowest BCUT2D eigenvalue weighted by atomic mass is 10.1. The van der Waals surface area contributed by atoms with Gasteiger partial charge in [-0.1, -0.05) is 12.1 Å². The van der Waals surface area contributed by atoms with Crippen molar-refractivity contribution < 1.29 is 17.7 Å². The summed E-state index contributed by atoms with van der Waals surface area (Å²) in [5.41, 5.74) is 0. The number of hydrogen-bond acceptors (Lipinski definition) is 6. The van der Waals surface area contributed by atoms with Gasteiger partial charge in [0.15, 0.2) is 15.7 Å². The van der Waals surface area contributed by atoms with Crippen molar-refractivity contribution in [3.05, 3.63) is 11.7 Å². The minimum Gasteiger partial charge on any atom is -0.339 e. The molecule has 2 atom stereocenters. The van der Waals surface area contributed by atoms with Crippen LogP contribution in [0.2, 0.25) is 0 Å². The summed E-state index contributed by atoms with van der Waals surface area (Å²) in [6.07, 6.45) is 2.77. The molecule has 0 radical (unpaired) electrons. The molecule has 3 rings (SSSR count). The van der Waals surface area contributed by atoms with E-state index in [4.69, 9.17) is 4.52 Å². The molecule has 1 amide bonds. The molecule has 2 saturated heterocycles. The highest BCUT2D eigenvalue weighted by Gasteiger charge is 2.40. The molecule has 0 aliphatic carbocycles. The van der Waals surface area contributed by atoms with Crippen LogP contribution in [-0.4, -0.2) is 47.4 Å². The molecular weight excluding hydrogens is 294 g/mol. The monoisotopic (exact) mass is 313 g/mol. The van der Waals surface area contributed by atoms with Gasteiger partial charge in [0.2, 0.25) is 11.8 Å². The molecule has 2 unspecified atom stereocenters. The van der Waals surface area contributed by atoms with E-state index in [0.717, 1.165) is 12.8 Å². The summed E-state index contributed by atoms with van der Waals surface area (Å²) in [6.45, 7) is 2.56. The normalized spacial score (nSPS) is 28.1. The van der Waals surface area contributed by atoms with Crippen LogP contribution in [0.4, 0.5) is 0 Å². The average molecular weight is 313 g/mol. The Hall–Kier alpha value is -1.44. The van der Waals surface area contributed by atoms with Crippen molar-refractivity contribution in [2.45, 2.75) is 38.6 Å². The largest absolute Gasteiger partial charge is 0.339 e. The predicted octanol–water partition coefficient (Wildman–Crippen LogP) is 0.730. The number of hydrogen-bond donors (Lipinski definition) is 0. The van der Waals surface area contributed by atoms with Crippen molar-refractivity contribution in [3.63, 3.8) is 0 Å². The van der Waals surface area contributed by atoms with E-state index in [2.05, 4.69) is 10.1 Å². The Morgan fingerprint density at radius 3 is 2.86 bits per heavy atom. The van der Waals surface area contributed by atoms with Crippen LogP contribution in [0.3, 0.4) is 0 Å². The van der Waals surface area contributed by atoms with Gasteiger partial charge in [-0.3, -0.25) is 4.79 Å². The molecule has 0 N–H and O–H groups in total. The van der Waals surface area contributed by atoms with Gasteiger partial charge in [0.05, 0.1) is 23.5 Å². The van der Waals surface area contributed by atoms with Crippen molar-refractivity contribution >= 4 is 15.7 Å².